The Bertz CT molecular complexity index is 552. The van der Waals surface area contributed by atoms with Gasteiger partial charge in [0, 0.05) is 18.7 Å². The highest BCUT2D eigenvalue weighted by molar-refractivity contribution is 6.32. The molecule has 1 rings (SSSR count). The summed E-state index contributed by atoms with van der Waals surface area (Å²) in [5, 5.41) is 9.12. The molecule has 106 valence electrons. The first kappa shape index (κ1) is 16.0. The first-order chi connectivity index (χ1) is 9.53. The quantitative estimate of drug-likeness (QED) is 0.782. The maximum Gasteiger partial charge on any atom is 0.306 e. The number of nitriles is 1. The van der Waals surface area contributed by atoms with E-state index in [2.05, 4.69) is 4.74 Å². The number of nitrogens with zero attached hydrogens (tertiary/aromatic N) is 2. The summed E-state index contributed by atoms with van der Waals surface area (Å²) in [7, 11) is 1.28. The van der Waals surface area contributed by atoms with E-state index in [4.69, 9.17) is 16.9 Å². The predicted octanol–water partition coefficient (Wildman–Crippen LogP) is 2.52. The molecule has 0 radical (unpaired) electrons. The van der Waals surface area contributed by atoms with E-state index >= 15 is 0 Å². The van der Waals surface area contributed by atoms with E-state index in [1.807, 2.05) is 13.0 Å². The first-order valence-corrected chi connectivity index (χ1v) is 6.48. The molecule has 1 aromatic carbocycles. The molecule has 0 aliphatic rings. The van der Waals surface area contributed by atoms with Gasteiger partial charge < -0.3 is 9.64 Å². The van der Waals surface area contributed by atoms with Gasteiger partial charge in [0.1, 0.15) is 6.07 Å². The Kier molecular flexibility index (Phi) is 6.01. The minimum atomic E-state index is -0.424. The molecule has 6 heteroatoms. The largest absolute Gasteiger partial charge is 0.469 e. The van der Waals surface area contributed by atoms with Gasteiger partial charge in [-0.05, 0) is 25.1 Å². The van der Waals surface area contributed by atoms with Gasteiger partial charge in [-0.15, -0.1) is 0 Å². The highest BCUT2D eigenvalue weighted by Crippen LogP contribution is 2.24. The van der Waals surface area contributed by atoms with Crippen molar-refractivity contribution < 1.29 is 14.3 Å². The molecular formula is C14H15ClN2O3. The fourth-order valence-corrected chi connectivity index (χ4v) is 1.93. The molecule has 1 aromatic rings. The summed E-state index contributed by atoms with van der Waals surface area (Å²) in [6.45, 7) is 2.27. The number of methoxy groups -OCH3 is 1. The van der Waals surface area contributed by atoms with Crippen LogP contribution in [0, 0.1) is 11.3 Å². The van der Waals surface area contributed by atoms with Gasteiger partial charge >= 0.3 is 5.97 Å². The van der Waals surface area contributed by atoms with Gasteiger partial charge in [-0.25, -0.2) is 0 Å². The van der Waals surface area contributed by atoms with Crippen molar-refractivity contribution in [3.63, 3.8) is 0 Å². The average Bonchev–Trinajstić information content (AvgIpc) is 2.45. The molecule has 5 nitrogen and oxygen atoms in total. The number of rotatable bonds is 5. The van der Waals surface area contributed by atoms with Crippen LogP contribution in [0.3, 0.4) is 0 Å². The Labute approximate surface area is 122 Å². The molecule has 0 saturated carbocycles. The minimum absolute atomic E-state index is 0.0375. The summed E-state index contributed by atoms with van der Waals surface area (Å²) >= 11 is 5.95. The minimum Gasteiger partial charge on any atom is -0.469 e. The van der Waals surface area contributed by atoms with Gasteiger partial charge in [-0.2, -0.15) is 5.26 Å². The van der Waals surface area contributed by atoms with Crippen molar-refractivity contribution in [2.24, 2.45) is 0 Å². The van der Waals surface area contributed by atoms with Crippen molar-refractivity contribution in [3.8, 4) is 6.07 Å². The van der Waals surface area contributed by atoms with Crippen LogP contribution in [0.2, 0.25) is 5.02 Å². The molecule has 0 aromatic heterocycles. The van der Waals surface area contributed by atoms with Crippen LogP contribution in [0.1, 0.15) is 25.3 Å². The topological polar surface area (TPSA) is 70.4 Å². The van der Waals surface area contributed by atoms with E-state index < -0.39 is 5.97 Å². The smallest absolute Gasteiger partial charge is 0.306 e. The molecule has 1 amide bonds. The summed E-state index contributed by atoms with van der Waals surface area (Å²) in [6, 6.07) is 6.75. The lowest BCUT2D eigenvalue weighted by Crippen LogP contribution is -2.30. The number of esters is 1. The van der Waals surface area contributed by atoms with Gasteiger partial charge in [0.15, 0.2) is 0 Å². The molecule has 20 heavy (non-hydrogen) atoms. The van der Waals surface area contributed by atoms with Crippen molar-refractivity contribution >= 4 is 29.2 Å². The summed E-state index contributed by atoms with van der Waals surface area (Å²) in [4.78, 5) is 24.6. The summed E-state index contributed by atoms with van der Waals surface area (Å²) < 4.78 is 4.50. The van der Waals surface area contributed by atoms with Crippen LogP contribution in [0.5, 0.6) is 0 Å². The number of benzene rings is 1. The number of hydrogen-bond donors (Lipinski definition) is 0. The zero-order valence-electron chi connectivity index (χ0n) is 11.4. The molecule has 0 aliphatic carbocycles. The maximum absolute atomic E-state index is 12.1. The molecule has 0 spiro atoms. The van der Waals surface area contributed by atoms with E-state index in [-0.39, 0.29) is 18.7 Å². The van der Waals surface area contributed by atoms with Crippen LogP contribution in [0.4, 0.5) is 5.69 Å². The lowest BCUT2D eigenvalue weighted by atomic mass is 10.2. The summed E-state index contributed by atoms with van der Waals surface area (Å²) in [6.07, 6.45) is 0.105. The lowest BCUT2D eigenvalue weighted by Gasteiger charge is -2.21. The van der Waals surface area contributed by atoms with Gasteiger partial charge in [-0.3, -0.25) is 9.59 Å². The van der Waals surface area contributed by atoms with E-state index in [0.29, 0.717) is 22.8 Å². The second-order valence-corrected chi connectivity index (χ2v) is 4.40. The third-order valence-corrected chi connectivity index (χ3v) is 3.09. The van der Waals surface area contributed by atoms with E-state index in [1.54, 1.807) is 18.2 Å². The highest BCUT2D eigenvalue weighted by atomic mass is 35.5. The van der Waals surface area contributed by atoms with E-state index in [0.717, 1.165) is 0 Å². The van der Waals surface area contributed by atoms with Gasteiger partial charge in [0.25, 0.3) is 0 Å². The fraction of sp³-hybridized carbons (Fsp3) is 0.357. The Hall–Kier alpha value is -2.06. The average molecular weight is 295 g/mol. The van der Waals surface area contributed by atoms with Crippen molar-refractivity contribution in [1.82, 2.24) is 0 Å². The van der Waals surface area contributed by atoms with Crippen LogP contribution in [-0.4, -0.2) is 25.5 Å². The Morgan fingerprint density at radius 1 is 1.40 bits per heavy atom. The number of amides is 1. The van der Waals surface area contributed by atoms with Crippen LogP contribution >= 0.6 is 11.6 Å². The van der Waals surface area contributed by atoms with E-state index in [9.17, 15) is 9.59 Å². The van der Waals surface area contributed by atoms with Crippen molar-refractivity contribution in [1.29, 1.82) is 5.26 Å². The molecule has 0 atom stereocenters. The Morgan fingerprint density at radius 3 is 2.60 bits per heavy atom. The molecule has 0 aliphatic heterocycles. The summed E-state index contributed by atoms with van der Waals surface area (Å²) in [5.41, 5.74) is 0.958. The van der Waals surface area contributed by atoms with Crippen molar-refractivity contribution in [2.75, 3.05) is 18.6 Å². The van der Waals surface area contributed by atoms with Crippen LogP contribution in [-0.2, 0) is 14.3 Å². The van der Waals surface area contributed by atoms with Gasteiger partial charge in [-0.1, -0.05) is 11.6 Å². The third-order valence-electron chi connectivity index (χ3n) is 2.77. The molecule has 0 heterocycles. The van der Waals surface area contributed by atoms with Gasteiger partial charge in [0.05, 0.1) is 24.1 Å². The zero-order valence-corrected chi connectivity index (χ0v) is 12.1. The molecule has 0 N–H and O–H groups in total. The SMILES string of the molecule is CCN(C(=O)CCC(=O)OC)c1ccc(C#N)c(Cl)c1. The van der Waals surface area contributed by atoms with Gasteiger partial charge in [0.2, 0.25) is 5.91 Å². The van der Waals surface area contributed by atoms with Crippen LogP contribution < -0.4 is 4.90 Å². The number of ether oxygens (including phenoxy) is 1. The molecule has 0 bridgehead atoms. The number of carbonyl (C=O) groups excluding carboxylic acids is 2. The molecule has 0 unspecified atom stereocenters. The Morgan fingerprint density at radius 2 is 2.10 bits per heavy atom. The number of carbonyl (C=O) groups is 2. The van der Waals surface area contributed by atoms with Crippen molar-refractivity contribution in [3.05, 3.63) is 28.8 Å². The van der Waals surface area contributed by atoms with Crippen LogP contribution in [0.25, 0.3) is 0 Å². The molecule has 0 saturated heterocycles. The van der Waals surface area contributed by atoms with E-state index in [1.165, 1.54) is 12.0 Å². The van der Waals surface area contributed by atoms with Crippen LogP contribution in [0.15, 0.2) is 18.2 Å². The predicted molar refractivity (Wildman–Crippen MR) is 75.4 cm³/mol. The second-order valence-electron chi connectivity index (χ2n) is 3.99. The number of anilines is 1. The maximum atomic E-state index is 12.1. The van der Waals surface area contributed by atoms with Crippen molar-refractivity contribution in [2.45, 2.75) is 19.8 Å². The molecule has 0 fully saturated rings. The lowest BCUT2D eigenvalue weighted by molar-refractivity contribution is -0.141. The molecular weight excluding hydrogens is 280 g/mol. The summed E-state index contributed by atoms with van der Waals surface area (Å²) in [5.74, 6) is -0.620. The third kappa shape index (κ3) is 3.97. The first-order valence-electron chi connectivity index (χ1n) is 6.10. The standard InChI is InChI=1S/C14H15ClN2O3/c1-3-17(13(18)6-7-14(19)20-2)11-5-4-10(9-16)12(15)8-11/h4-5,8H,3,6-7H2,1-2H3. The number of halogens is 1. The normalized spacial score (nSPS) is 9.70. The second kappa shape index (κ2) is 7.51. The fourth-order valence-electron chi connectivity index (χ4n) is 1.71. The zero-order chi connectivity index (χ0) is 15.1. The monoisotopic (exact) mass is 294 g/mol. The number of hydrogen-bond acceptors (Lipinski definition) is 4. The highest BCUT2D eigenvalue weighted by Gasteiger charge is 2.16. The Balaban J connectivity index is 2.85.